The maximum atomic E-state index is 12.7. The van der Waals surface area contributed by atoms with Crippen molar-refractivity contribution >= 4 is 17.3 Å². The van der Waals surface area contributed by atoms with Gasteiger partial charge in [0.25, 0.3) is 11.8 Å². The van der Waals surface area contributed by atoms with Crippen LogP contribution in [0.25, 0.3) is 5.52 Å². The number of hydrogen-bond acceptors (Lipinski definition) is 5. The molecule has 2 aromatic rings. The summed E-state index contributed by atoms with van der Waals surface area (Å²) in [4.78, 5) is 31.8. The molecule has 8 heteroatoms. The van der Waals surface area contributed by atoms with Crippen LogP contribution in [0.5, 0.6) is 0 Å². The second-order valence-electron chi connectivity index (χ2n) is 7.65. The van der Waals surface area contributed by atoms with Crippen molar-refractivity contribution in [1.29, 1.82) is 0 Å². The Morgan fingerprint density at radius 2 is 1.93 bits per heavy atom. The lowest BCUT2D eigenvalue weighted by Crippen LogP contribution is -2.41. The van der Waals surface area contributed by atoms with Crippen LogP contribution in [0.1, 0.15) is 41.9 Å². The van der Waals surface area contributed by atoms with Crippen molar-refractivity contribution in [2.45, 2.75) is 26.3 Å². The summed E-state index contributed by atoms with van der Waals surface area (Å²) in [6.07, 6.45) is 1.74. The molecule has 0 unspecified atom stereocenters. The van der Waals surface area contributed by atoms with Gasteiger partial charge in [-0.15, -0.1) is 0 Å². The highest BCUT2D eigenvalue weighted by Crippen LogP contribution is 2.14. The molecule has 0 aromatic carbocycles. The molecular weight excluding hydrogens is 346 g/mol. The van der Waals surface area contributed by atoms with Gasteiger partial charge in [-0.2, -0.15) is 0 Å². The molecule has 2 amide bonds. The molecule has 1 aliphatic heterocycles. The number of carbonyl (C=O) groups excluding carboxylic acids is 2. The third-order valence-corrected chi connectivity index (χ3v) is 4.27. The number of pyridine rings is 1. The molecular formula is C19H27N5O3. The first-order valence-electron chi connectivity index (χ1n) is 9.23. The van der Waals surface area contributed by atoms with E-state index in [2.05, 4.69) is 20.5 Å². The van der Waals surface area contributed by atoms with Crippen molar-refractivity contribution in [3.63, 3.8) is 0 Å². The number of amides is 2. The summed E-state index contributed by atoms with van der Waals surface area (Å²) in [5.74, 6) is -0.371. The van der Waals surface area contributed by atoms with Crippen molar-refractivity contribution in [2.24, 2.45) is 0 Å². The van der Waals surface area contributed by atoms with Gasteiger partial charge in [-0.1, -0.05) is 6.07 Å². The molecule has 27 heavy (non-hydrogen) atoms. The number of nitrogens with zero attached hydrogens (tertiary/aromatic N) is 3. The van der Waals surface area contributed by atoms with Crippen LogP contribution in [0.2, 0.25) is 0 Å². The Morgan fingerprint density at radius 3 is 2.63 bits per heavy atom. The normalized spacial score (nSPS) is 15.7. The van der Waals surface area contributed by atoms with E-state index in [1.807, 2.05) is 32.9 Å². The number of fused-ring (bicyclic) bond motifs is 1. The Morgan fingerprint density at radius 1 is 1.19 bits per heavy atom. The molecule has 0 bridgehead atoms. The Kier molecular flexibility index (Phi) is 5.76. The van der Waals surface area contributed by atoms with Gasteiger partial charge in [0, 0.05) is 37.9 Å². The molecule has 3 rings (SSSR count). The molecule has 8 nitrogen and oxygen atoms in total. The molecule has 146 valence electrons. The van der Waals surface area contributed by atoms with Crippen LogP contribution in [0.4, 0.5) is 0 Å². The maximum Gasteiger partial charge on any atom is 0.287 e. The van der Waals surface area contributed by atoms with E-state index in [4.69, 9.17) is 4.74 Å². The van der Waals surface area contributed by atoms with Crippen LogP contribution in [-0.2, 0) is 4.74 Å². The summed E-state index contributed by atoms with van der Waals surface area (Å²) < 4.78 is 6.98. The first-order valence-corrected chi connectivity index (χ1v) is 9.23. The Labute approximate surface area is 158 Å². The number of carbonyl (C=O) groups is 2. The Bertz CT molecular complexity index is 818. The first kappa shape index (κ1) is 19.3. The molecule has 2 N–H and O–H groups in total. The van der Waals surface area contributed by atoms with E-state index in [1.54, 1.807) is 16.7 Å². The summed E-state index contributed by atoms with van der Waals surface area (Å²) in [7, 11) is 0. The zero-order chi connectivity index (χ0) is 19.4. The molecule has 0 atom stereocenters. The standard InChI is InChI=1S/C19H27N5O3/c1-19(2,3)22-17(25)15-14-6-4-5-8-24(14)16(21-15)18(26)20-7-9-23-10-12-27-13-11-23/h4-6,8H,7,9-13H2,1-3H3,(H,20,26)(H,22,25). The minimum atomic E-state index is -0.387. The van der Waals surface area contributed by atoms with Crippen LogP contribution in [-0.4, -0.2) is 71.0 Å². The van der Waals surface area contributed by atoms with E-state index in [1.165, 1.54) is 0 Å². The third-order valence-electron chi connectivity index (χ3n) is 4.27. The molecule has 1 fully saturated rings. The number of hydrogen-bond donors (Lipinski definition) is 2. The van der Waals surface area contributed by atoms with Crippen LogP contribution < -0.4 is 10.6 Å². The highest BCUT2D eigenvalue weighted by Gasteiger charge is 2.24. The molecule has 2 aromatic heterocycles. The smallest absolute Gasteiger partial charge is 0.287 e. The summed E-state index contributed by atoms with van der Waals surface area (Å²) in [5.41, 5.74) is 0.476. The van der Waals surface area contributed by atoms with Gasteiger partial charge in [0.1, 0.15) is 0 Å². The van der Waals surface area contributed by atoms with Gasteiger partial charge in [0.15, 0.2) is 5.69 Å². The number of morpholine rings is 1. The molecule has 3 heterocycles. The number of rotatable bonds is 5. The van der Waals surface area contributed by atoms with Gasteiger partial charge in [-0.3, -0.25) is 18.9 Å². The van der Waals surface area contributed by atoms with E-state index in [0.717, 1.165) is 32.8 Å². The SMILES string of the molecule is CC(C)(C)NC(=O)c1nc(C(=O)NCCN2CCOCC2)n2ccccc12. The summed E-state index contributed by atoms with van der Waals surface area (Å²) in [6.45, 7) is 10.2. The summed E-state index contributed by atoms with van der Waals surface area (Å²) >= 11 is 0. The second-order valence-corrected chi connectivity index (χ2v) is 7.65. The van der Waals surface area contributed by atoms with Crippen molar-refractivity contribution < 1.29 is 14.3 Å². The zero-order valence-corrected chi connectivity index (χ0v) is 16.1. The Balaban J connectivity index is 1.73. The highest BCUT2D eigenvalue weighted by atomic mass is 16.5. The van der Waals surface area contributed by atoms with E-state index < -0.39 is 0 Å². The predicted molar refractivity (Wildman–Crippen MR) is 102 cm³/mol. The molecule has 0 spiro atoms. The fourth-order valence-electron chi connectivity index (χ4n) is 3.00. The van der Waals surface area contributed by atoms with Gasteiger partial charge in [-0.25, -0.2) is 4.98 Å². The fraction of sp³-hybridized carbons (Fsp3) is 0.526. The van der Waals surface area contributed by atoms with Crippen molar-refractivity contribution in [3.05, 3.63) is 35.9 Å². The van der Waals surface area contributed by atoms with Crippen molar-refractivity contribution in [2.75, 3.05) is 39.4 Å². The average Bonchev–Trinajstić information content (AvgIpc) is 3.01. The maximum absolute atomic E-state index is 12.7. The zero-order valence-electron chi connectivity index (χ0n) is 16.1. The Hall–Kier alpha value is -2.45. The monoisotopic (exact) mass is 373 g/mol. The summed E-state index contributed by atoms with van der Waals surface area (Å²) in [5, 5.41) is 5.80. The molecule has 0 radical (unpaired) electrons. The minimum Gasteiger partial charge on any atom is -0.379 e. The number of nitrogens with one attached hydrogen (secondary N) is 2. The molecule has 0 aliphatic carbocycles. The molecule has 0 saturated carbocycles. The molecule has 1 saturated heterocycles. The highest BCUT2D eigenvalue weighted by molar-refractivity contribution is 6.02. The first-order chi connectivity index (χ1) is 12.8. The minimum absolute atomic E-state index is 0.214. The lowest BCUT2D eigenvalue weighted by atomic mass is 10.1. The van der Waals surface area contributed by atoms with E-state index in [9.17, 15) is 9.59 Å². The van der Waals surface area contributed by atoms with Gasteiger partial charge in [0.2, 0.25) is 5.82 Å². The van der Waals surface area contributed by atoms with E-state index in [0.29, 0.717) is 12.1 Å². The van der Waals surface area contributed by atoms with Gasteiger partial charge >= 0.3 is 0 Å². The average molecular weight is 373 g/mol. The van der Waals surface area contributed by atoms with Crippen molar-refractivity contribution in [1.82, 2.24) is 24.9 Å². The third kappa shape index (κ3) is 4.84. The van der Waals surface area contributed by atoms with Crippen molar-refractivity contribution in [3.8, 4) is 0 Å². The van der Waals surface area contributed by atoms with Crippen LogP contribution >= 0.6 is 0 Å². The number of ether oxygens (including phenoxy) is 1. The fourth-order valence-corrected chi connectivity index (χ4v) is 3.00. The summed E-state index contributed by atoms with van der Waals surface area (Å²) in [6, 6.07) is 5.42. The molecule has 1 aliphatic rings. The number of aromatic nitrogens is 2. The van der Waals surface area contributed by atoms with Crippen LogP contribution in [0, 0.1) is 0 Å². The van der Waals surface area contributed by atoms with Gasteiger partial charge < -0.3 is 15.4 Å². The predicted octanol–water partition coefficient (Wildman–Crippen LogP) is 0.925. The quantitative estimate of drug-likeness (QED) is 0.814. The van der Waals surface area contributed by atoms with Crippen LogP contribution in [0.3, 0.4) is 0 Å². The van der Waals surface area contributed by atoms with E-state index >= 15 is 0 Å². The lowest BCUT2D eigenvalue weighted by molar-refractivity contribution is 0.0383. The lowest BCUT2D eigenvalue weighted by Gasteiger charge is -2.26. The number of imidazole rings is 1. The largest absolute Gasteiger partial charge is 0.379 e. The topological polar surface area (TPSA) is 88.0 Å². The van der Waals surface area contributed by atoms with Gasteiger partial charge in [-0.05, 0) is 32.9 Å². The van der Waals surface area contributed by atoms with Crippen LogP contribution in [0.15, 0.2) is 24.4 Å². The van der Waals surface area contributed by atoms with Gasteiger partial charge in [0.05, 0.1) is 18.7 Å². The van der Waals surface area contributed by atoms with E-state index in [-0.39, 0.29) is 28.9 Å². The second kappa shape index (κ2) is 8.06.